The van der Waals surface area contributed by atoms with Gasteiger partial charge in [0.1, 0.15) is 17.2 Å². The van der Waals surface area contributed by atoms with E-state index in [4.69, 9.17) is 9.47 Å². The van der Waals surface area contributed by atoms with Gasteiger partial charge in [-0.1, -0.05) is 0 Å². The van der Waals surface area contributed by atoms with E-state index in [9.17, 15) is 31.6 Å². The van der Waals surface area contributed by atoms with Crippen LogP contribution in [0.25, 0.3) is 0 Å². The van der Waals surface area contributed by atoms with Crippen molar-refractivity contribution < 1.29 is 45.8 Å². The molecule has 40 heavy (non-hydrogen) atoms. The number of alkyl halides is 3. The van der Waals surface area contributed by atoms with Crippen LogP contribution in [0, 0.1) is 0 Å². The van der Waals surface area contributed by atoms with Crippen LogP contribution in [0.4, 0.5) is 13.2 Å². The molecule has 0 bridgehead atoms. The van der Waals surface area contributed by atoms with Gasteiger partial charge in [-0.05, 0) is 80.9 Å². The van der Waals surface area contributed by atoms with Crippen molar-refractivity contribution in [2.45, 2.75) is 35.3 Å². The normalized spacial score (nSPS) is 18.7. The summed E-state index contributed by atoms with van der Waals surface area (Å²) in [4.78, 5) is 17.1. The Morgan fingerprint density at radius 1 is 0.900 bits per heavy atom. The molecule has 1 amide bonds. The number of nitrogens with zero attached hydrogens (tertiary/aromatic N) is 2. The maximum absolute atomic E-state index is 13.7. The molecule has 2 aliphatic heterocycles. The summed E-state index contributed by atoms with van der Waals surface area (Å²) in [5.41, 5.74) is 1.55. The lowest BCUT2D eigenvalue weighted by Gasteiger charge is -2.39. The first kappa shape index (κ1) is 30.1. The van der Waals surface area contributed by atoms with Crippen molar-refractivity contribution in [1.29, 1.82) is 0 Å². The minimum Gasteiger partial charge on any atom is -0.457 e. The number of ether oxygens (including phenoxy) is 3. The summed E-state index contributed by atoms with van der Waals surface area (Å²) in [5, 5.41) is 9.42. The monoisotopic (exact) mass is 587 g/mol. The van der Waals surface area contributed by atoms with E-state index < -0.39 is 32.6 Å². The van der Waals surface area contributed by atoms with Crippen LogP contribution in [0.5, 0.6) is 17.2 Å². The molecule has 0 spiro atoms. The van der Waals surface area contributed by atoms with Gasteiger partial charge in [-0.3, -0.25) is 14.9 Å². The molecular weight excluding hydrogens is 555 g/mol. The van der Waals surface area contributed by atoms with Crippen molar-refractivity contribution in [1.82, 2.24) is 15.3 Å². The number of amides is 1. The maximum atomic E-state index is 13.7. The first-order valence-corrected chi connectivity index (χ1v) is 14.4. The van der Waals surface area contributed by atoms with Crippen LogP contribution in [0.3, 0.4) is 0 Å². The lowest BCUT2D eigenvalue weighted by molar-refractivity contribution is -0.274. The second-order valence-corrected chi connectivity index (χ2v) is 11.9. The van der Waals surface area contributed by atoms with Crippen LogP contribution < -0.4 is 15.0 Å². The number of sulfone groups is 1. The number of benzene rings is 2. The Hall–Kier alpha value is -2.91. The number of rotatable bonds is 10. The summed E-state index contributed by atoms with van der Waals surface area (Å²) in [6.45, 7) is 5.68. The largest absolute Gasteiger partial charge is 0.573 e. The van der Waals surface area contributed by atoms with Crippen molar-refractivity contribution >= 4 is 15.7 Å². The average molecular weight is 588 g/mol. The van der Waals surface area contributed by atoms with E-state index in [-0.39, 0.29) is 29.2 Å². The summed E-state index contributed by atoms with van der Waals surface area (Å²) >= 11 is 0. The molecule has 2 aliphatic rings. The van der Waals surface area contributed by atoms with E-state index in [0.717, 1.165) is 57.9 Å². The first-order valence-electron chi connectivity index (χ1n) is 12.9. The SMILES string of the molecule is O=C(NO)C1(S(=O)(=O)c2ccc(Oc3ccc(OC(F)(F)F)cc3)cc2)CCN(CCCN2CCOCC2)CC1. The molecular formula is C26H32F3N3O7S. The molecule has 2 fully saturated rings. The topological polar surface area (TPSA) is 118 Å². The maximum Gasteiger partial charge on any atom is 0.573 e. The van der Waals surface area contributed by atoms with E-state index in [0.29, 0.717) is 13.1 Å². The highest BCUT2D eigenvalue weighted by molar-refractivity contribution is 7.93. The Labute approximate surface area is 230 Å². The minimum absolute atomic E-state index is 0.0177. The highest BCUT2D eigenvalue weighted by Crippen LogP contribution is 2.37. The lowest BCUT2D eigenvalue weighted by Crippen LogP contribution is -2.57. The van der Waals surface area contributed by atoms with Crippen LogP contribution in [0.2, 0.25) is 0 Å². The summed E-state index contributed by atoms with van der Waals surface area (Å²) < 4.78 is 77.4. The second kappa shape index (κ2) is 12.7. The quantitative estimate of drug-likeness (QED) is 0.319. The molecule has 0 aromatic heterocycles. The zero-order valence-corrected chi connectivity index (χ0v) is 22.5. The minimum atomic E-state index is -4.81. The predicted octanol–water partition coefficient (Wildman–Crippen LogP) is 3.21. The van der Waals surface area contributed by atoms with Crippen LogP contribution in [0.15, 0.2) is 53.4 Å². The van der Waals surface area contributed by atoms with Crippen molar-refractivity contribution in [2.24, 2.45) is 0 Å². The van der Waals surface area contributed by atoms with Crippen LogP contribution in [0.1, 0.15) is 19.3 Å². The summed E-state index contributed by atoms with van der Waals surface area (Å²) in [5.74, 6) is -0.930. The Bertz CT molecular complexity index is 1230. The molecule has 2 N–H and O–H groups in total. The van der Waals surface area contributed by atoms with Crippen molar-refractivity contribution in [3.63, 3.8) is 0 Å². The van der Waals surface area contributed by atoms with E-state index in [2.05, 4.69) is 14.5 Å². The summed E-state index contributed by atoms with van der Waals surface area (Å²) in [6, 6.07) is 10.1. The van der Waals surface area contributed by atoms with Gasteiger partial charge in [0.15, 0.2) is 14.6 Å². The van der Waals surface area contributed by atoms with Crippen LogP contribution in [-0.2, 0) is 19.4 Å². The van der Waals surface area contributed by atoms with Gasteiger partial charge in [0.2, 0.25) is 0 Å². The van der Waals surface area contributed by atoms with E-state index in [1.807, 2.05) is 0 Å². The number of piperidine rings is 1. The number of hydroxylamine groups is 1. The number of carbonyl (C=O) groups is 1. The molecule has 0 radical (unpaired) electrons. The fourth-order valence-corrected chi connectivity index (χ4v) is 6.91. The molecule has 2 aromatic carbocycles. The Kier molecular flexibility index (Phi) is 9.56. The lowest BCUT2D eigenvalue weighted by atomic mass is 9.94. The van der Waals surface area contributed by atoms with Gasteiger partial charge in [-0.15, -0.1) is 13.2 Å². The smallest absolute Gasteiger partial charge is 0.457 e. The number of nitrogens with one attached hydrogen (secondary N) is 1. The number of halogens is 3. The fourth-order valence-electron chi connectivity index (χ4n) is 4.96. The van der Waals surface area contributed by atoms with Gasteiger partial charge >= 0.3 is 6.36 Å². The van der Waals surface area contributed by atoms with Crippen molar-refractivity contribution in [3.05, 3.63) is 48.5 Å². The van der Waals surface area contributed by atoms with Crippen LogP contribution >= 0.6 is 0 Å². The highest BCUT2D eigenvalue weighted by atomic mass is 32.2. The van der Waals surface area contributed by atoms with Gasteiger partial charge in [-0.25, -0.2) is 13.9 Å². The van der Waals surface area contributed by atoms with Crippen molar-refractivity contribution in [3.8, 4) is 17.2 Å². The van der Waals surface area contributed by atoms with Crippen LogP contribution in [-0.4, -0.2) is 92.9 Å². The molecule has 220 valence electrons. The van der Waals surface area contributed by atoms with Gasteiger partial charge in [0.25, 0.3) is 5.91 Å². The Morgan fingerprint density at radius 2 is 1.40 bits per heavy atom. The number of hydrogen-bond acceptors (Lipinski definition) is 9. The number of hydrogen-bond donors (Lipinski definition) is 2. The number of carbonyl (C=O) groups excluding carboxylic acids is 1. The Balaban J connectivity index is 1.39. The molecule has 4 rings (SSSR count). The summed E-state index contributed by atoms with van der Waals surface area (Å²) in [7, 11) is -4.21. The highest BCUT2D eigenvalue weighted by Gasteiger charge is 2.52. The standard InChI is InChI=1S/C26H32F3N3O7S/c27-26(28,29)39-22-4-2-20(3-5-22)38-21-6-8-23(9-7-21)40(35,36)25(24(33)30-34)10-14-31(15-11-25)12-1-13-32-16-18-37-19-17-32/h2-9,34H,1,10-19H2,(H,30,33). The van der Waals surface area contributed by atoms with E-state index >= 15 is 0 Å². The van der Waals surface area contributed by atoms with Gasteiger partial charge in [-0.2, -0.15) is 0 Å². The third-order valence-corrected chi connectivity index (χ3v) is 9.69. The molecule has 0 saturated carbocycles. The zero-order valence-electron chi connectivity index (χ0n) is 21.7. The Morgan fingerprint density at radius 3 is 1.93 bits per heavy atom. The van der Waals surface area contributed by atoms with E-state index in [1.54, 1.807) is 5.48 Å². The molecule has 0 atom stereocenters. The molecule has 2 aromatic rings. The van der Waals surface area contributed by atoms with Gasteiger partial charge in [0.05, 0.1) is 18.1 Å². The number of likely N-dealkylation sites (tertiary alicyclic amines) is 1. The average Bonchev–Trinajstić information content (AvgIpc) is 2.94. The van der Waals surface area contributed by atoms with Crippen molar-refractivity contribution in [2.75, 3.05) is 52.5 Å². The molecule has 0 unspecified atom stereocenters. The fraction of sp³-hybridized carbons (Fsp3) is 0.500. The molecule has 2 saturated heterocycles. The predicted molar refractivity (Wildman–Crippen MR) is 137 cm³/mol. The van der Waals surface area contributed by atoms with Gasteiger partial charge in [0, 0.05) is 26.2 Å². The molecule has 2 heterocycles. The van der Waals surface area contributed by atoms with Gasteiger partial charge < -0.3 is 19.1 Å². The zero-order chi connectivity index (χ0) is 28.8. The number of morpholine rings is 1. The van der Waals surface area contributed by atoms with E-state index in [1.165, 1.54) is 36.4 Å². The summed E-state index contributed by atoms with van der Waals surface area (Å²) in [6.07, 6.45) is -3.87. The third-order valence-electron chi connectivity index (χ3n) is 7.17. The molecule has 14 heteroatoms. The molecule has 0 aliphatic carbocycles. The first-order chi connectivity index (χ1) is 19.0. The second-order valence-electron chi connectivity index (χ2n) is 9.68. The third kappa shape index (κ3) is 7.23. The molecule has 10 nitrogen and oxygen atoms in total.